The standard InChI is InChI=1S/C12H15O2.2CH3.Sn/c1-2-8-13-11-6-3-7-12-10(11)5-4-9-14-12;;;/h3,6-7H,1-2,4-5,8-9H2;2*1H3;. The topological polar surface area (TPSA) is 18.5 Å². The Bertz CT molecular complexity index is 363. The Balaban J connectivity index is 1.92. The van der Waals surface area contributed by atoms with Crippen LogP contribution >= 0.6 is 0 Å². The SMILES string of the molecule is [CH3][Sn]([CH3])[CH2]CCOc1cccc2c1CCCO2. The summed E-state index contributed by atoms with van der Waals surface area (Å²) in [5.74, 6) is 2.07. The summed E-state index contributed by atoms with van der Waals surface area (Å²) >= 11 is -0.916. The van der Waals surface area contributed by atoms with E-state index in [2.05, 4.69) is 15.9 Å². The average molecular weight is 340 g/mol. The van der Waals surface area contributed by atoms with Crippen LogP contribution in [0.2, 0.25) is 14.3 Å². The molecule has 1 aromatic carbocycles. The second-order valence-corrected chi connectivity index (χ2v) is 13.2. The minimum atomic E-state index is -0.916. The van der Waals surface area contributed by atoms with Gasteiger partial charge in [0.15, 0.2) is 0 Å². The van der Waals surface area contributed by atoms with E-state index in [9.17, 15) is 0 Å². The van der Waals surface area contributed by atoms with Gasteiger partial charge in [0.25, 0.3) is 0 Å². The molecule has 1 aromatic rings. The Labute approximate surface area is 111 Å². The molecule has 0 bridgehead atoms. The van der Waals surface area contributed by atoms with Crippen LogP contribution in [0, 0.1) is 0 Å². The molecule has 0 saturated heterocycles. The van der Waals surface area contributed by atoms with Gasteiger partial charge in [0.2, 0.25) is 0 Å². The summed E-state index contributed by atoms with van der Waals surface area (Å²) < 4.78 is 13.0. The molecule has 0 atom stereocenters. The normalized spacial score (nSPS) is 14.3. The summed E-state index contributed by atoms with van der Waals surface area (Å²) in [7, 11) is 0. The van der Waals surface area contributed by atoms with Crippen LogP contribution in [0.5, 0.6) is 11.5 Å². The zero-order valence-corrected chi connectivity index (χ0v) is 13.6. The fourth-order valence-electron chi connectivity index (χ4n) is 2.10. The van der Waals surface area contributed by atoms with E-state index in [0.717, 1.165) is 37.6 Å². The van der Waals surface area contributed by atoms with Crippen LogP contribution in [0.3, 0.4) is 0 Å². The van der Waals surface area contributed by atoms with Gasteiger partial charge in [-0.25, -0.2) is 0 Å². The molecule has 0 fully saturated rings. The predicted octanol–water partition coefficient (Wildman–Crippen LogP) is 3.53. The van der Waals surface area contributed by atoms with E-state index < -0.39 is 19.8 Å². The van der Waals surface area contributed by atoms with Gasteiger partial charge in [-0.3, -0.25) is 0 Å². The predicted molar refractivity (Wildman–Crippen MR) is 72.7 cm³/mol. The third kappa shape index (κ3) is 3.80. The van der Waals surface area contributed by atoms with E-state index in [1.165, 1.54) is 16.4 Å². The molecule has 2 nitrogen and oxygen atoms in total. The van der Waals surface area contributed by atoms with Crippen molar-refractivity contribution >= 4 is 19.8 Å². The number of hydrogen-bond donors (Lipinski definition) is 0. The van der Waals surface area contributed by atoms with Gasteiger partial charge < -0.3 is 0 Å². The first-order valence-electron chi connectivity index (χ1n) is 6.44. The zero-order valence-electron chi connectivity index (χ0n) is 10.8. The van der Waals surface area contributed by atoms with E-state index in [1.54, 1.807) is 0 Å². The molecule has 1 heterocycles. The Morgan fingerprint density at radius 1 is 1.35 bits per heavy atom. The summed E-state index contributed by atoms with van der Waals surface area (Å²) in [5.41, 5.74) is 1.27. The molecule has 1 aliphatic heterocycles. The summed E-state index contributed by atoms with van der Waals surface area (Å²) in [6.45, 7) is 1.71. The molecule has 0 saturated carbocycles. The molecule has 0 spiro atoms. The van der Waals surface area contributed by atoms with Crippen molar-refractivity contribution in [2.24, 2.45) is 0 Å². The first kappa shape index (κ1) is 13.1. The Morgan fingerprint density at radius 3 is 3.06 bits per heavy atom. The van der Waals surface area contributed by atoms with Gasteiger partial charge in [0, 0.05) is 0 Å². The van der Waals surface area contributed by atoms with Crippen molar-refractivity contribution in [3.63, 3.8) is 0 Å². The molecule has 0 aliphatic carbocycles. The molecular formula is C14H21O2Sn. The second kappa shape index (κ2) is 6.52. The third-order valence-corrected chi connectivity index (χ3v) is 6.86. The van der Waals surface area contributed by atoms with E-state index in [-0.39, 0.29) is 0 Å². The van der Waals surface area contributed by atoms with E-state index in [0.29, 0.717) is 0 Å². The Kier molecular flexibility index (Phi) is 5.01. The first-order valence-corrected chi connectivity index (χ1v) is 14.2. The Morgan fingerprint density at radius 2 is 2.24 bits per heavy atom. The maximum atomic E-state index is 5.91. The van der Waals surface area contributed by atoms with E-state index >= 15 is 0 Å². The van der Waals surface area contributed by atoms with Crippen molar-refractivity contribution in [1.82, 2.24) is 0 Å². The van der Waals surface area contributed by atoms with Crippen LogP contribution in [0.4, 0.5) is 0 Å². The number of rotatable bonds is 5. The molecule has 2 rings (SSSR count). The van der Waals surface area contributed by atoms with Gasteiger partial charge in [-0.15, -0.1) is 0 Å². The van der Waals surface area contributed by atoms with Gasteiger partial charge >= 0.3 is 111 Å². The summed E-state index contributed by atoms with van der Waals surface area (Å²) in [4.78, 5) is 4.89. The molecule has 0 N–H and O–H groups in total. The van der Waals surface area contributed by atoms with Crippen molar-refractivity contribution in [3.05, 3.63) is 23.8 Å². The molecule has 3 heteroatoms. The van der Waals surface area contributed by atoms with Crippen LogP contribution < -0.4 is 9.47 Å². The van der Waals surface area contributed by atoms with Crippen molar-refractivity contribution in [2.75, 3.05) is 13.2 Å². The van der Waals surface area contributed by atoms with E-state index in [1.807, 2.05) is 12.1 Å². The summed E-state index contributed by atoms with van der Waals surface area (Å²) in [5, 5.41) is 0. The average Bonchev–Trinajstić information content (AvgIpc) is 2.34. The van der Waals surface area contributed by atoms with Crippen molar-refractivity contribution in [3.8, 4) is 11.5 Å². The molecule has 0 aromatic heterocycles. The monoisotopic (exact) mass is 341 g/mol. The summed E-state index contributed by atoms with van der Waals surface area (Å²) in [6, 6.07) is 6.15. The van der Waals surface area contributed by atoms with Gasteiger partial charge in [-0.05, 0) is 0 Å². The van der Waals surface area contributed by atoms with Crippen molar-refractivity contribution in [2.45, 2.75) is 33.6 Å². The molecule has 1 radical (unpaired) electrons. The Hall–Kier alpha value is -0.381. The molecule has 1 aliphatic rings. The van der Waals surface area contributed by atoms with Crippen LogP contribution in [0.15, 0.2) is 18.2 Å². The maximum absolute atomic E-state index is 5.91. The van der Waals surface area contributed by atoms with Crippen LogP contribution in [-0.4, -0.2) is 33.0 Å². The van der Waals surface area contributed by atoms with Crippen molar-refractivity contribution < 1.29 is 9.47 Å². The molecular weight excluding hydrogens is 319 g/mol. The van der Waals surface area contributed by atoms with Gasteiger partial charge in [0.1, 0.15) is 0 Å². The second-order valence-electron chi connectivity index (χ2n) is 4.84. The van der Waals surface area contributed by atoms with Crippen LogP contribution in [0.25, 0.3) is 0 Å². The van der Waals surface area contributed by atoms with Crippen LogP contribution in [0.1, 0.15) is 18.4 Å². The fraction of sp³-hybridized carbons (Fsp3) is 0.571. The number of hydrogen-bond acceptors (Lipinski definition) is 2. The van der Waals surface area contributed by atoms with Gasteiger partial charge in [-0.1, -0.05) is 0 Å². The molecule has 0 unspecified atom stereocenters. The van der Waals surface area contributed by atoms with Gasteiger partial charge in [0.05, 0.1) is 0 Å². The fourth-order valence-corrected chi connectivity index (χ4v) is 4.53. The first-order chi connectivity index (χ1) is 8.27. The van der Waals surface area contributed by atoms with Crippen molar-refractivity contribution in [1.29, 1.82) is 0 Å². The van der Waals surface area contributed by atoms with Gasteiger partial charge in [-0.2, -0.15) is 0 Å². The van der Waals surface area contributed by atoms with Crippen LogP contribution in [-0.2, 0) is 6.42 Å². The molecule has 17 heavy (non-hydrogen) atoms. The summed E-state index contributed by atoms with van der Waals surface area (Å²) in [6.07, 6.45) is 3.41. The zero-order chi connectivity index (χ0) is 12.1. The quantitative estimate of drug-likeness (QED) is 0.603. The minimum absolute atomic E-state index is 0.845. The third-order valence-electron chi connectivity index (χ3n) is 3.00. The molecule has 93 valence electrons. The number of ether oxygens (including phenoxy) is 2. The molecule has 0 amide bonds. The number of fused-ring (bicyclic) bond motifs is 1. The van der Waals surface area contributed by atoms with E-state index in [4.69, 9.17) is 9.47 Å². The number of benzene rings is 1.